The lowest BCUT2D eigenvalue weighted by Crippen LogP contribution is -2.24. The van der Waals surface area contributed by atoms with E-state index in [0.29, 0.717) is 34.2 Å². The summed E-state index contributed by atoms with van der Waals surface area (Å²) in [5.74, 6) is 0.909. The second kappa shape index (κ2) is 9.47. The Kier molecular flexibility index (Phi) is 6.77. The maximum atomic E-state index is 13.1. The lowest BCUT2D eigenvalue weighted by Gasteiger charge is -2.14. The van der Waals surface area contributed by atoms with E-state index in [4.69, 9.17) is 14.2 Å². The van der Waals surface area contributed by atoms with Gasteiger partial charge in [-0.25, -0.2) is 4.98 Å². The Hall–Kier alpha value is -3.00. The average molecular weight is 414 g/mol. The van der Waals surface area contributed by atoms with E-state index in [9.17, 15) is 9.59 Å². The molecule has 0 spiro atoms. The van der Waals surface area contributed by atoms with Crippen LogP contribution in [-0.4, -0.2) is 42.1 Å². The molecule has 152 valence electrons. The summed E-state index contributed by atoms with van der Waals surface area (Å²) in [7, 11) is 3.13. The number of methoxy groups -OCH3 is 2. The SMILES string of the molecule is CCOC(=O)CSc1nc2ccccc2c(=O)n1Cc1ccc(OC)c(OC)c1. The molecule has 0 unspecified atom stereocenters. The Morgan fingerprint density at radius 3 is 2.59 bits per heavy atom. The van der Waals surface area contributed by atoms with Gasteiger partial charge in [0.2, 0.25) is 0 Å². The number of hydrogen-bond acceptors (Lipinski definition) is 7. The highest BCUT2D eigenvalue weighted by Gasteiger charge is 2.15. The second-order valence-corrected chi connectivity index (χ2v) is 7.03. The van der Waals surface area contributed by atoms with Crippen LogP contribution in [0, 0.1) is 0 Å². The minimum atomic E-state index is -0.349. The van der Waals surface area contributed by atoms with Gasteiger partial charge in [-0.15, -0.1) is 0 Å². The summed E-state index contributed by atoms with van der Waals surface area (Å²) in [4.78, 5) is 29.5. The van der Waals surface area contributed by atoms with Crippen LogP contribution in [0.15, 0.2) is 52.4 Å². The number of para-hydroxylation sites is 1. The topological polar surface area (TPSA) is 79.7 Å². The molecule has 8 heteroatoms. The van der Waals surface area contributed by atoms with E-state index < -0.39 is 0 Å². The molecule has 3 rings (SSSR count). The summed E-state index contributed by atoms with van der Waals surface area (Å²) >= 11 is 1.18. The molecule has 0 aliphatic carbocycles. The molecule has 0 radical (unpaired) electrons. The molecule has 0 bridgehead atoms. The molecule has 29 heavy (non-hydrogen) atoms. The maximum absolute atomic E-state index is 13.1. The van der Waals surface area contributed by atoms with Gasteiger partial charge in [-0.2, -0.15) is 0 Å². The molecule has 0 saturated carbocycles. The van der Waals surface area contributed by atoms with Gasteiger partial charge >= 0.3 is 5.97 Å². The fourth-order valence-electron chi connectivity index (χ4n) is 2.88. The highest BCUT2D eigenvalue weighted by molar-refractivity contribution is 7.99. The summed E-state index contributed by atoms with van der Waals surface area (Å²) in [5, 5.41) is 0.977. The Morgan fingerprint density at radius 2 is 1.86 bits per heavy atom. The van der Waals surface area contributed by atoms with Gasteiger partial charge < -0.3 is 14.2 Å². The van der Waals surface area contributed by atoms with Crippen molar-refractivity contribution in [3.63, 3.8) is 0 Å². The lowest BCUT2D eigenvalue weighted by atomic mass is 10.2. The normalized spacial score (nSPS) is 10.7. The summed E-state index contributed by atoms with van der Waals surface area (Å²) in [6.07, 6.45) is 0. The van der Waals surface area contributed by atoms with Gasteiger partial charge in [0.25, 0.3) is 5.56 Å². The van der Waals surface area contributed by atoms with Crippen LogP contribution in [0.3, 0.4) is 0 Å². The highest BCUT2D eigenvalue weighted by atomic mass is 32.2. The van der Waals surface area contributed by atoms with Gasteiger partial charge in [0.05, 0.1) is 44.0 Å². The average Bonchev–Trinajstić information content (AvgIpc) is 2.74. The van der Waals surface area contributed by atoms with E-state index in [0.717, 1.165) is 5.56 Å². The Bertz CT molecular complexity index is 1080. The molecule has 7 nitrogen and oxygen atoms in total. The molecule has 0 fully saturated rings. The largest absolute Gasteiger partial charge is 0.493 e. The number of rotatable bonds is 8. The van der Waals surface area contributed by atoms with Gasteiger partial charge in [0.1, 0.15) is 0 Å². The number of hydrogen-bond donors (Lipinski definition) is 0. The molecule has 0 aliphatic heterocycles. The van der Waals surface area contributed by atoms with Gasteiger partial charge in [-0.3, -0.25) is 14.2 Å². The first-order chi connectivity index (χ1) is 14.1. The first kappa shape index (κ1) is 20.7. The maximum Gasteiger partial charge on any atom is 0.316 e. The van der Waals surface area contributed by atoms with Crippen LogP contribution in [0.4, 0.5) is 0 Å². The number of esters is 1. The number of carbonyl (C=O) groups excluding carboxylic acids is 1. The zero-order chi connectivity index (χ0) is 20.8. The Morgan fingerprint density at radius 1 is 1.10 bits per heavy atom. The first-order valence-corrected chi connectivity index (χ1v) is 10.0. The summed E-state index contributed by atoms with van der Waals surface area (Å²) in [6, 6.07) is 12.6. The van der Waals surface area contributed by atoms with Crippen LogP contribution in [0.1, 0.15) is 12.5 Å². The zero-order valence-corrected chi connectivity index (χ0v) is 17.3. The number of aromatic nitrogens is 2. The minimum Gasteiger partial charge on any atom is -0.493 e. The Balaban J connectivity index is 2.02. The molecule has 0 amide bonds. The Labute approximate surface area is 172 Å². The predicted octanol–water partition coefficient (Wildman–Crippen LogP) is 3.12. The van der Waals surface area contributed by atoms with Crippen LogP contribution >= 0.6 is 11.8 Å². The smallest absolute Gasteiger partial charge is 0.316 e. The van der Waals surface area contributed by atoms with E-state index in [1.807, 2.05) is 18.2 Å². The molecule has 0 atom stereocenters. The van der Waals surface area contributed by atoms with Crippen molar-refractivity contribution in [3.05, 3.63) is 58.4 Å². The molecule has 0 N–H and O–H groups in total. The summed E-state index contributed by atoms with van der Waals surface area (Å²) < 4.78 is 17.2. The number of thioether (sulfide) groups is 1. The first-order valence-electron chi connectivity index (χ1n) is 9.06. The molecule has 2 aromatic carbocycles. The van der Waals surface area contributed by atoms with Crippen LogP contribution in [0.2, 0.25) is 0 Å². The van der Waals surface area contributed by atoms with Crippen molar-refractivity contribution in [3.8, 4) is 11.5 Å². The van der Waals surface area contributed by atoms with E-state index in [-0.39, 0.29) is 23.8 Å². The molecular weight excluding hydrogens is 392 g/mol. The van der Waals surface area contributed by atoms with E-state index >= 15 is 0 Å². The van der Waals surface area contributed by atoms with E-state index in [2.05, 4.69) is 4.98 Å². The second-order valence-electron chi connectivity index (χ2n) is 6.09. The molecule has 1 aromatic heterocycles. The zero-order valence-electron chi connectivity index (χ0n) is 16.5. The quantitative estimate of drug-likeness (QED) is 0.318. The number of nitrogens with zero attached hydrogens (tertiary/aromatic N) is 2. The molecule has 3 aromatic rings. The lowest BCUT2D eigenvalue weighted by molar-refractivity contribution is -0.139. The fourth-order valence-corrected chi connectivity index (χ4v) is 3.68. The highest BCUT2D eigenvalue weighted by Crippen LogP contribution is 2.28. The van der Waals surface area contributed by atoms with Crippen molar-refractivity contribution in [2.45, 2.75) is 18.6 Å². The van der Waals surface area contributed by atoms with Crippen molar-refractivity contribution >= 4 is 28.6 Å². The van der Waals surface area contributed by atoms with Crippen LogP contribution in [0.25, 0.3) is 10.9 Å². The molecule has 0 aliphatic rings. The predicted molar refractivity (Wildman–Crippen MR) is 112 cm³/mol. The standard InChI is InChI=1S/C21H22N2O5S/c1-4-28-19(24)13-29-21-22-16-8-6-5-7-15(16)20(25)23(21)12-14-9-10-17(26-2)18(11-14)27-3/h5-11H,4,12-13H2,1-3H3. The summed E-state index contributed by atoms with van der Waals surface area (Å²) in [6.45, 7) is 2.34. The van der Waals surface area contributed by atoms with E-state index in [1.54, 1.807) is 50.0 Å². The van der Waals surface area contributed by atoms with Gasteiger partial charge in [-0.05, 0) is 36.8 Å². The number of fused-ring (bicyclic) bond motifs is 1. The number of benzene rings is 2. The van der Waals surface area contributed by atoms with Crippen molar-refractivity contribution in [1.82, 2.24) is 9.55 Å². The number of carbonyl (C=O) groups is 1. The van der Waals surface area contributed by atoms with E-state index in [1.165, 1.54) is 11.8 Å². The van der Waals surface area contributed by atoms with Crippen molar-refractivity contribution in [2.24, 2.45) is 0 Å². The molecule has 1 heterocycles. The van der Waals surface area contributed by atoms with Gasteiger partial charge in [0.15, 0.2) is 16.7 Å². The van der Waals surface area contributed by atoms with Crippen molar-refractivity contribution in [2.75, 3.05) is 26.6 Å². The minimum absolute atomic E-state index is 0.0740. The summed E-state index contributed by atoms with van der Waals surface area (Å²) in [5.41, 5.74) is 1.27. The van der Waals surface area contributed by atoms with Crippen LogP contribution in [0.5, 0.6) is 11.5 Å². The molecule has 0 saturated heterocycles. The third kappa shape index (κ3) is 4.71. The van der Waals surface area contributed by atoms with Crippen molar-refractivity contribution in [1.29, 1.82) is 0 Å². The van der Waals surface area contributed by atoms with Crippen molar-refractivity contribution < 1.29 is 19.0 Å². The molecular formula is C21H22N2O5S. The third-order valence-electron chi connectivity index (χ3n) is 4.24. The fraction of sp³-hybridized carbons (Fsp3) is 0.286. The monoisotopic (exact) mass is 414 g/mol. The third-order valence-corrected chi connectivity index (χ3v) is 5.19. The van der Waals surface area contributed by atoms with Gasteiger partial charge in [0, 0.05) is 0 Å². The van der Waals surface area contributed by atoms with Gasteiger partial charge in [-0.1, -0.05) is 30.0 Å². The number of ether oxygens (including phenoxy) is 3. The van der Waals surface area contributed by atoms with Crippen LogP contribution in [-0.2, 0) is 16.1 Å². The van der Waals surface area contributed by atoms with Crippen LogP contribution < -0.4 is 15.0 Å².